The second kappa shape index (κ2) is 6.75. The van der Waals surface area contributed by atoms with E-state index in [0.717, 1.165) is 16.6 Å². The molecule has 27 heavy (non-hydrogen) atoms. The molecule has 0 bridgehead atoms. The Bertz CT molecular complexity index is 1120. The molecule has 0 amide bonds. The smallest absolute Gasteiger partial charge is 0.141 e. The van der Waals surface area contributed by atoms with Crippen LogP contribution in [0.5, 0.6) is 0 Å². The Balaban J connectivity index is 2.04. The average molecular weight is 355 g/mol. The number of para-hydroxylation sites is 2. The van der Waals surface area contributed by atoms with Gasteiger partial charge in [-0.3, -0.25) is 0 Å². The number of benzene rings is 3. The Labute approximate surface area is 157 Å². The van der Waals surface area contributed by atoms with Gasteiger partial charge < -0.3 is 9.67 Å². The first-order valence-corrected chi connectivity index (χ1v) is 8.72. The van der Waals surface area contributed by atoms with Gasteiger partial charge in [-0.05, 0) is 42.0 Å². The average Bonchev–Trinajstić information content (AvgIpc) is 3.09. The highest BCUT2D eigenvalue weighted by atomic mass is 19.1. The van der Waals surface area contributed by atoms with Crippen LogP contribution in [0, 0.1) is 18.2 Å². The highest BCUT2D eigenvalue weighted by molar-refractivity contribution is 5.84. The van der Waals surface area contributed by atoms with Gasteiger partial charge in [0.15, 0.2) is 0 Å². The minimum absolute atomic E-state index is 0.0712. The highest BCUT2D eigenvalue weighted by Crippen LogP contribution is 2.38. The summed E-state index contributed by atoms with van der Waals surface area (Å²) in [6.07, 6.45) is 5.68. The predicted octanol–water partition coefficient (Wildman–Crippen LogP) is 5.03. The van der Waals surface area contributed by atoms with E-state index in [0.29, 0.717) is 11.3 Å². The molecule has 1 unspecified atom stereocenters. The van der Waals surface area contributed by atoms with Crippen molar-refractivity contribution >= 4 is 10.9 Å². The van der Waals surface area contributed by atoms with Crippen LogP contribution in [0.1, 0.15) is 17.7 Å². The molecule has 1 atom stereocenters. The van der Waals surface area contributed by atoms with Crippen LogP contribution in [0.25, 0.3) is 16.6 Å². The molecule has 2 nitrogen and oxygen atoms in total. The van der Waals surface area contributed by atoms with Gasteiger partial charge in [0.25, 0.3) is 0 Å². The van der Waals surface area contributed by atoms with Crippen LogP contribution in [0.3, 0.4) is 0 Å². The summed E-state index contributed by atoms with van der Waals surface area (Å²) < 4.78 is 15.5. The van der Waals surface area contributed by atoms with E-state index in [4.69, 9.17) is 6.42 Å². The molecule has 0 fully saturated rings. The largest absolute Gasteiger partial charge is 0.378 e. The van der Waals surface area contributed by atoms with Crippen molar-refractivity contribution in [3.63, 3.8) is 0 Å². The number of halogens is 1. The second-order valence-corrected chi connectivity index (χ2v) is 6.51. The van der Waals surface area contributed by atoms with E-state index in [2.05, 4.69) is 5.92 Å². The summed E-state index contributed by atoms with van der Waals surface area (Å²) in [5.74, 6) is 2.23. The summed E-state index contributed by atoms with van der Waals surface area (Å²) in [5, 5.41) is 12.7. The number of hydrogen-bond donors (Lipinski definition) is 1. The van der Waals surface area contributed by atoms with E-state index in [-0.39, 0.29) is 12.2 Å². The molecule has 0 saturated carbocycles. The lowest BCUT2D eigenvalue weighted by Crippen LogP contribution is -2.29. The molecule has 3 heteroatoms. The number of hydrogen-bond acceptors (Lipinski definition) is 1. The van der Waals surface area contributed by atoms with Crippen LogP contribution in [-0.4, -0.2) is 9.67 Å². The van der Waals surface area contributed by atoms with E-state index in [1.807, 2.05) is 65.2 Å². The van der Waals surface area contributed by atoms with Gasteiger partial charge in [-0.1, -0.05) is 48.5 Å². The van der Waals surface area contributed by atoms with Crippen molar-refractivity contribution in [3.05, 3.63) is 102 Å². The van der Waals surface area contributed by atoms with Gasteiger partial charge in [-0.15, -0.1) is 12.3 Å². The first-order valence-electron chi connectivity index (χ1n) is 8.72. The van der Waals surface area contributed by atoms with Gasteiger partial charge in [0.2, 0.25) is 0 Å². The van der Waals surface area contributed by atoms with Crippen LogP contribution < -0.4 is 0 Å². The minimum Gasteiger partial charge on any atom is -0.378 e. The van der Waals surface area contributed by atoms with Gasteiger partial charge in [0, 0.05) is 17.5 Å². The van der Waals surface area contributed by atoms with Crippen molar-refractivity contribution in [2.24, 2.45) is 0 Å². The summed E-state index contributed by atoms with van der Waals surface area (Å²) >= 11 is 0. The predicted molar refractivity (Wildman–Crippen MR) is 106 cm³/mol. The van der Waals surface area contributed by atoms with Crippen molar-refractivity contribution in [3.8, 4) is 18.0 Å². The fourth-order valence-electron chi connectivity index (χ4n) is 3.53. The maximum atomic E-state index is 13.4. The molecule has 3 aromatic carbocycles. The first kappa shape index (κ1) is 17.1. The molecule has 0 aliphatic carbocycles. The number of fused-ring (bicyclic) bond motifs is 1. The van der Waals surface area contributed by atoms with E-state index < -0.39 is 5.60 Å². The maximum Gasteiger partial charge on any atom is 0.141 e. The molecule has 0 saturated heterocycles. The maximum absolute atomic E-state index is 13.4. The Hall–Kier alpha value is -3.35. The fourth-order valence-corrected chi connectivity index (χ4v) is 3.53. The molecule has 0 aliphatic heterocycles. The molecule has 1 heterocycles. The minimum atomic E-state index is -1.45. The molecule has 1 aromatic heterocycles. The number of rotatable bonds is 4. The molecule has 1 N–H and O–H groups in total. The van der Waals surface area contributed by atoms with Gasteiger partial charge in [-0.25, -0.2) is 4.39 Å². The van der Waals surface area contributed by atoms with Crippen molar-refractivity contribution in [1.29, 1.82) is 0 Å². The Morgan fingerprint density at radius 3 is 2.30 bits per heavy atom. The molecule has 0 radical (unpaired) electrons. The van der Waals surface area contributed by atoms with Crippen molar-refractivity contribution in [1.82, 2.24) is 4.57 Å². The highest BCUT2D eigenvalue weighted by Gasteiger charge is 2.35. The van der Waals surface area contributed by atoms with E-state index in [1.165, 1.54) is 12.1 Å². The van der Waals surface area contributed by atoms with Gasteiger partial charge in [0.05, 0.1) is 11.2 Å². The molecule has 0 spiro atoms. The third-order valence-electron chi connectivity index (χ3n) is 4.83. The molecular weight excluding hydrogens is 337 g/mol. The molecular formula is C24H18FNO. The molecule has 4 rings (SSSR count). The second-order valence-electron chi connectivity index (χ2n) is 6.51. The topological polar surface area (TPSA) is 25.2 Å². The first-order chi connectivity index (χ1) is 13.1. The third-order valence-corrected chi connectivity index (χ3v) is 4.83. The van der Waals surface area contributed by atoms with Crippen LogP contribution in [0.15, 0.2) is 84.9 Å². The van der Waals surface area contributed by atoms with E-state index in [1.54, 1.807) is 12.1 Å². The standard InChI is InChI=1S/C24H18FNO/c1-2-16-24(27,19-12-14-20(25)15-13-19)23-17-18-8-6-7-11-22(18)26(23)21-9-4-3-5-10-21/h1,3-15,17,27H,16H2. The summed E-state index contributed by atoms with van der Waals surface area (Å²) in [7, 11) is 0. The Kier molecular flexibility index (Phi) is 4.27. The van der Waals surface area contributed by atoms with Crippen molar-refractivity contribution in [2.75, 3.05) is 0 Å². The lowest BCUT2D eigenvalue weighted by atomic mass is 9.87. The van der Waals surface area contributed by atoms with Crippen molar-refractivity contribution in [2.45, 2.75) is 12.0 Å². The van der Waals surface area contributed by atoms with Gasteiger partial charge in [0.1, 0.15) is 11.4 Å². The SMILES string of the molecule is C#CCC(O)(c1ccc(F)cc1)c1cc2ccccc2n1-c1ccccc1. The van der Waals surface area contributed by atoms with Crippen molar-refractivity contribution < 1.29 is 9.50 Å². The summed E-state index contributed by atoms with van der Waals surface area (Å²) in [5.41, 5.74) is 1.65. The zero-order chi connectivity index (χ0) is 18.9. The summed E-state index contributed by atoms with van der Waals surface area (Å²) in [6.45, 7) is 0. The summed E-state index contributed by atoms with van der Waals surface area (Å²) in [4.78, 5) is 0. The van der Waals surface area contributed by atoms with Crippen LogP contribution in [0.2, 0.25) is 0 Å². The van der Waals surface area contributed by atoms with Crippen LogP contribution in [-0.2, 0) is 5.60 Å². The monoisotopic (exact) mass is 355 g/mol. The normalized spacial score (nSPS) is 13.2. The van der Waals surface area contributed by atoms with Gasteiger partial charge in [-0.2, -0.15) is 0 Å². The fraction of sp³-hybridized carbons (Fsp3) is 0.0833. The number of aromatic nitrogens is 1. The third kappa shape index (κ3) is 2.91. The lowest BCUT2D eigenvalue weighted by Gasteiger charge is -2.29. The van der Waals surface area contributed by atoms with E-state index in [9.17, 15) is 9.50 Å². The zero-order valence-corrected chi connectivity index (χ0v) is 14.6. The zero-order valence-electron chi connectivity index (χ0n) is 14.6. The molecule has 0 aliphatic rings. The Morgan fingerprint density at radius 1 is 0.926 bits per heavy atom. The summed E-state index contributed by atoms with van der Waals surface area (Å²) in [6, 6.07) is 25.5. The number of terminal acetylenes is 1. The molecule has 132 valence electrons. The number of nitrogens with zero attached hydrogens (tertiary/aromatic N) is 1. The number of aliphatic hydroxyl groups is 1. The van der Waals surface area contributed by atoms with E-state index >= 15 is 0 Å². The quantitative estimate of drug-likeness (QED) is 0.511. The Morgan fingerprint density at radius 2 is 1.59 bits per heavy atom. The lowest BCUT2D eigenvalue weighted by molar-refractivity contribution is 0.0804. The van der Waals surface area contributed by atoms with Gasteiger partial charge >= 0.3 is 0 Å². The van der Waals surface area contributed by atoms with Crippen LogP contribution >= 0.6 is 0 Å². The molecule has 4 aromatic rings. The van der Waals surface area contributed by atoms with Crippen LogP contribution in [0.4, 0.5) is 4.39 Å².